The number of morpholine rings is 1. The normalized spacial score (nSPS) is 13.8. The maximum absolute atomic E-state index is 13.4. The summed E-state index contributed by atoms with van der Waals surface area (Å²) in [5.74, 6) is -1.17. The van der Waals surface area contributed by atoms with Crippen LogP contribution in [-0.4, -0.2) is 43.3 Å². The number of thiophene rings is 1. The van der Waals surface area contributed by atoms with Crippen LogP contribution in [0.15, 0.2) is 60.0 Å². The van der Waals surface area contributed by atoms with Crippen molar-refractivity contribution < 1.29 is 19.4 Å². The fraction of sp³-hybridized carbons (Fsp3) is 0.250. The second kappa shape index (κ2) is 9.32. The lowest BCUT2D eigenvalue weighted by Crippen LogP contribution is -2.37. The molecule has 1 aromatic heterocycles. The molecule has 3 aromatic rings. The highest BCUT2D eigenvalue weighted by molar-refractivity contribution is 7.10. The number of carboxylic acid groups (broad SMARTS) is 1. The molecule has 0 spiro atoms. The molecule has 0 bridgehead atoms. The molecular weight excluding hydrogens is 412 g/mol. The maximum Gasteiger partial charge on any atom is 0.337 e. The number of benzene rings is 2. The zero-order chi connectivity index (χ0) is 21.8. The van der Waals surface area contributed by atoms with Crippen molar-refractivity contribution in [3.63, 3.8) is 0 Å². The van der Waals surface area contributed by atoms with Gasteiger partial charge in [-0.15, -0.1) is 11.3 Å². The highest BCUT2D eigenvalue weighted by Gasteiger charge is 2.24. The highest BCUT2D eigenvalue weighted by Crippen LogP contribution is 2.30. The molecule has 1 saturated heterocycles. The molecule has 2 aromatic carbocycles. The summed E-state index contributed by atoms with van der Waals surface area (Å²) < 4.78 is 5.39. The Hall–Kier alpha value is -3.16. The van der Waals surface area contributed by atoms with Gasteiger partial charge in [0, 0.05) is 29.2 Å². The summed E-state index contributed by atoms with van der Waals surface area (Å²) in [5.41, 5.74) is 3.08. The van der Waals surface area contributed by atoms with E-state index in [1.54, 1.807) is 40.5 Å². The fourth-order valence-electron chi connectivity index (χ4n) is 3.67. The average Bonchev–Trinajstić information content (AvgIpc) is 3.22. The molecule has 1 aliphatic rings. The molecule has 0 unspecified atom stereocenters. The minimum Gasteiger partial charge on any atom is -0.478 e. The summed E-state index contributed by atoms with van der Waals surface area (Å²) >= 11 is 1.59. The number of aryl methyl sites for hydroxylation is 1. The van der Waals surface area contributed by atoms with Gasteiger partial charge in [0.15, 0.2) is 0 Å². The molecule has 31 heavy (non-hydrogen) atoms. The number of rotatable bonds is 6. The van der Waals surface area contributed by atoms with E-state index in [1.165, 1.54) is 0 Å². The zero-order valence-electron chi connectivity index (χ0n) is 17.3. The van der Waals surface area contributed by atoms with E-state index in [-0.39, 0.29) is 11.5 Å². The van der Waals surface area contributed by atoms with Gasteiger partial charge in [-0.1, -0.05) is 18.2 Å². The van der Waals surface area contributed by atoms with Gasteiger partial charge < -0.3 is 19.6 Å². The first-order chi connectivity index (χ1) is 15.0. The molecule has 160 valence electrons. The van der Waals surface area contributed by atoms with Gasteiger partial charge in [0.1, 0.15) is 0 Å². The zero-order valence-corrected chi connectivity index (χ0v) is 18.1. The maximum atomic E-state index is 13.4. The van der Waals surface area contributed by atoms with E-state index in [0.717, 1.165) is 10.4 Å². The highest BCUT2D eigenvalue weighted by atomic mass is 32.1. The quantitative estimate of drug-likeness (QED) is 0.619. The number of ether oxygens (including phenoxy) is 1. The van der Waals surface area contributed by atoms with Crippen molar-refractivity contribution in [2.24, 2.45) is 0 Å². The molecule has 4 rings (SSSR count). The number of carbonyl (C=O) groups is 2. The summed E-state index contributed by atoms with van der Waals surface area (Å²) in [6.07, 6.45) is 0. The first-order valence-electron chi connectivity index (χ1n) is 10.1. The molecular formula is C24H24N2O4S. The third-order valence-corrected chi connectivity index (χ3v) is 6.42. The van der Waals surface area contributed by atoms with Gasteiger partial charge in [-0.2, -0.15) is 0 Å². The predicted octanol–water partition coefficient (Wildman–Crippen LogP) is 4.44. The summed E-state index contributed by atoms with van der Waals surface area (Å²) in [6, 6.07) is 16.3. The molecule has 7 heteroatoms. The van der Waals surface area contributed by atoms with E-state index in [0.29, 0.717) is 49.8 Å². The number of carbonyl (C=O) groups excluding carboxylic acids is 1. The number of nitrogens with zero attached hydrogens (tertiary/aromatic N) is 2. The smallest absolute Gasteiger partial charge is 0.337 e. The summed E-state index contributed by atoms with van der Waals surface area (Å²) in [6.45, 7) is 4.81. The number of carboxylic acids is 1. The molecule has 0 aliphatic carbocycles. The standard InChI is InChI=1S/C24H24N2O4S/c1-17-9-14-31-22(17)16-26(23(27)18-5-3-2-4-6-18)19-7-8-21(20(15-19)24(28)29)25-10-12-30-13-11-25/h2-9,14-15H,10-13,16H2,1H3,(H,28,29). The van der Waals surface area contributed by atoms with Crippen LogP contribution >= 0.6 is 11.3 Å². The number of anilines is 2. The molecule has 1 fully saturated rings. The van der Waals surface area contributed by atoms with Crippen LogP contribution in [0, 0.1) is 6.92 Å². The van der Waals surface area contributed by atoms with Crippen LogP contribution < -0.4 is 9.80 Å². The summed E-state index contributed by atoms with van der Waals surface area (Å²) in [7, 11) is 0. The topological polar surface area (TPSA) is 70.1 Å². The molecule has 6 nitrogen and oxygen atoms in total. The molecule has 2 heterocycles. The van der Waals surface area contributed by atoms with Crippen LogP contribution in [0.5, 0.6) is 0 Å². The van der Waals surface area contributed by atoms with Crippen LogP contribution in [0.1, 0.15) is 31.2 Å². The van der Waals surface area contributed by atoms with Crippen molar-refractivity contribution in [2.75, 3.05) is 36.1 Å². The summed E-state index contributed by atoms with van der Waals surface area (Å²) in [5, 5.41) is 11.9. The third kappa shape index (κ3) is 4.62. The van der Waals surface area contributed by atoms with E-state index in [1.807, 2.05) is 47.5 Å². The van der Waals surface area contributed by atoms with Crippen LogP contribution in [0.4, 0.5) is 11.4 Å². The Kier molecular flexibility index (Phi) is 6.34. The van der Waals surface area contributed by atoms with Crippen LogP contribution in [0.2, 0.25) is 0 Å². The van der Waals surface area contributed by atoms with Crippen LogP contribution in [-0.2, 0) is 11.3 Å². The minimum absolute atomic E-state index is 0.163. The van der Waals surface area contributed by atoms with Crippen molar-refractivity contribution in [1.29, 1.82) is 0 Å². The SMILES string of the molecule is Cc1ccsc1CN(C(=O)c1ccccc1)c1ccc(N2CCOCC2)c(C(=O)O)c1. The van der Waals surface area contributed by atoms with Crippen LogP contribution in [0.3, 0.4) is 0 Å². The van der Waals surface area contributed by atoms with E-state index in [2.05, 4.69) is 0 Å². The molecule has 1 N–H and O–H groups in total. The summed E-state index contributed by atoms with van der Waals surface area (Å²) in [4.78, 5) is 30.2. The second-order valence-electron chi connectivity index (χ2n) is 7.39. The lowest BCUT2D eigenvalue weighted by molar-refractivity contribution is 0.0696. The van der Waals surface area contributed by atoms with Gasteiger partial charge in [0.2, 0.25) is 0 Å². The van der Waals surface area contributed by atoms with Crippen molar-refractivity contribution in [2.45, 2.75) is 13.5 Å². The minimum atomic E-state index is -1.01. The van der Waals surface area contributed by atoms with Crippen LogP contribution in [0.25, 0.3) is 0 Å². The fourth-order valence-corrected chi connectivity index (χ4v) is 4.56. The lowest BCUT2D eigenvalue weighted by Gasteiger charge is -2.31. The van der Waals surface area contributed by atoms with Gasteiger partial charge >= 0.3 is 5.97 Å². The Bertz CT molecular complexity index is 1070. The van der Waals surface area contributed by atoms with E-state index in [4.69, 9.17) is 4.74 Å². The Labute approximate surface area is 185 Å². The first-order valence-corrected chi connectivity index (χ1v) is 11.0. The molecule has 0 atom stereocenters. The van der Waals surface area contributed by atoms with E-state index in [9.17, 15) is 14.7 Å². The Morgan fingerprint density at radius 1 is 1.10 bits per heavy atom. The van der Waals surface area contributed by atoms with Crippen molar-refractivity contribution in [3.05, 3.63) is 81.5 Å². The monoisotopic (exact) mass is 436 g/mol. The van der Waals surface area contributed by atoms with Gasteiger partial charge in [0.05, 0.1) is 31.0 Å². The largest absolute Gasteiger partial charge is 0.478 e. The molecule has 0 radical (unpaired) electrons. The van der Waals surface area contributed by atoms with E-state index < -0.39 is 5.97 Å². The second-order valence-corrected chi connectivity index (χ2v) is 8.39. The Morgan fingerprint density at radius 2 is 1.84 bits per heavy atom. The van der Waals surface area contributed by atoms with Crippen molar-refractivity contribution >= 4 is 34.6 Å². The van der Waals surface area contributed by atoms with Gasteiger partial charge in [-0.05, 0) is 54.3 Å². The Balaban J connectivity index is 1.74. The number of aromatic carboxylic acids is 1. The number of amides is 1. The van der Waals surface area contributed by atoms with Crippen molar-refractivity contribution in [1.82, 2.24) is 0 Å². The van der Waals surface area contributed by atoms with Gasteiger partial charge in [-0.25, -0.2) is 4.79 Å². The number of hydrogen-bond donors (Lipinski definition) is 1. The lowest BCUT2D eigenvalue weighted by atomic mass is 10.1. The average molecular weight is 437 g/mol. The van der Waals surface area contributed by atoms with E-state index >= 15 is 0 Å². The molecule has 1 aliphatic heterocycles. The Morgan fingerprint density at radius 3 is 2.48 bits per heavy atom. The van der Waals surface area contributed by atoms with Crippen molar-refractivity contribution in [3.8, 4) is 0 Å². The first kappa shape index (κ1) is 21.1. The number of hydrogen-bond acceptors (Lipinski definition) is 5. The van der Waals surface area contributed by atoms with Gasteiger partial charge in [-0.3, -0.25) is 4.79 Å². The predicted molar refractivity (Wildman–Crippen MR) is 122 cm³/mol. The molecule has 1 amide bonds. The van der Waals surface area contributed by atoms with Gasteiger partial charge in [0.25, 0.3) is 5.91 Å². The third-order valence-electron chi connectivity index (χ3n) is 5.41. The molecule has 0 saturated carbocycles.